The quantitative estimate of drug-likeness (QED) is 0.821. The molecule has 0 aliphatic heterocycles. The van der Waals surface area contributed by atoms with Crippen molar-refractivity contribution >= 4 is 23.4 Å². The molecule has 0 spiro atoms. The van der Waals surface area contributed by atoms with Gasteiger partial charge in [0.1, 0.15) is 6.04 Å². The molecule has 0 aromatic carbocycles. The second kappa shape index (κ2) is 6.12. The lowest BCUT2D eigenvalue weighted by Gasteiger charge is -2.12. The van der Waals surface area contributed by atoms with Crippen LogP contribution in [0.1, 0.15) is 11.8 Å². The summed E-state index contributed by atoms with van der Waals surface area (Å²) in [4.78, 5) is 22.9. The predicted octanol–water partition coefficient (Wildman–Crippen LogP) is 1.49. The van der Waals surface area contributed by atoms with Crippen LogP contribution in [0.2, 0.25) is 0 Å². The zero-order valence-electron chi connectivity index (χ0n) is 8.80. The molecule has 0 aliphatic carbocycles. The van der Waals surface area contributed by atoms with Gasteiger partial charge in [-0.05, 0) is 18.4 Å². The van der Waals surface area contributed by atoms with Crippen molar-refractivity contribution in [1.29, 1.82) is 0 Å². The summed E-state index contributed by atoms with van der Waals surface area (Å²) in [6, 6.07) is 2.72. The van der Waals surface area contributed by atoms with Crippen LogP contribution in [0.5, 0.6) is 0 Å². The van der Waals surface area contributed by atoms with Crippen molar-refractivity contribution in [3.63, 3.8) is 0 Å². The Balaban J connectivity index is 2.54. The fourth-order valence-electron chi connectivity index (χ4n) is 1.15. The lowest BCUT2D eigenvalue weighted by Crippen LogP contribution is -2.42. The van der Waals surface area contributed by atoms with E-state index in [1.165, 1.54) is 11.3 Å². The lowest BCUT2D eigenvalue weighted by molar-refractivity contribution is -0.139. The molecule has 0 fully saturated rings. The number of carbonyl (C=O) groups excluding carboxylic acids is 1. The highest BCUT2D eigenvalue weighted by Crippen LogP contribution is 2.11. The maximum atomic E-state index is 11.1. The monoisotopic (exact) mass is 243 g/mol. The van der Waals surface area contributed by atoms with Gasteiger partial charge in [-0.2, -0.15) is 0 Å². The first-order valence-electron chi connectivity index (χ1n) is 4.82. The summed E-state index contributed by atoms with van der Waals surface area (Å²) in [6.07, 6.45) is -0.433. The van der Waals surface area contributed by atoms with Crippen LogP contribution in [0.25, 0.3) is 0 Å². The third-order valence-corrected chi connectivity index (χ3v) is 2.75. The molecular formula is C10H13NO4S. The molecule has 0 bridgehead atoms. The van der Waals surface area contributed by atoms with Crippen LogP contribution in [0, 0.1) is 0 Å². The molecule has 1 rings (SSSR count). The highest BCUT2D eigenvalue weighted by Gasteiger charge is 2.21. The predicted molar refractivity (Wildman–Crippen MR) is 59.6 cm³/mol. The third-order valence-electron chi connectivity index (χ3n) is 1.85. The molecule has 6 heteroatoms. The smallest absolute Gasteiger partial charge is 0.407 e. The maximum Gasteiger partial charge on any atom is 0.407 e. The average molecular weight is 243 g/mol. The summed E-state index contributed by atoms with van der Waals surface area (Å²) in [5.41, 5.74) is 0. The lowest BCUT2D eigenvalue weighted by atomic mass is 10.2. The van der Waals surface area contributed by atoms with Crippen LogP contribution in [0.4, 0.5) is 4.79 Å². The molecule has 0 radical (unpaired) electrons. The summed E-state index contributed by atoms with van der Waals surface area (Å²) in [5, 5.41) is 13.1. The van der Waals surface area contributed by atoms with Gasteiger partial charge in [0.05, 0.1) is 6.61 Å². The van der Waals surface area contributed by atoms with E-state index in [-0.39, 0.29) is 13.0 Å². The Morgan fingerprint density at radius 2 is 2.38 bits per heavy atom. The Morgan fingerprint density at radius 3 is 2.88 bits per heavy atom. The van der Waals surface area contributed by atoms with Gasteiger partial charge >= 0.3 is 12.1 Å². The van der Waals surface area contributed by atoms with E-state index in [0.717, 1.165) is 4.88 Å². The van der Waals surface area contributed by atoms with Crippen LogP contribution in [-0.2, 0) is 16.0 Å². The molecule has 1 atom stereocenters. The van der Waals surface area contributed by atoms with Crippen LogP contribution in [0.15, 0.2) is 17.5 Å². The van der Waals surface area contributed by atoms with Crippen molar-refractivity contribution < 1.29 is 19.4 Å². The van der Waals surface area contributed by atoms with Gasteiger partial charge in [-0.1, -0.05) is 6.07 Å². The van der Waals surface area contributed by atoms with E-state index in [1.54, 1.807) is 6.92 Å². The van der Waals surface area contributed by atoms with Crippen molar-refractivity contribution in [2.45, 2.75) is 19.4 Å². The number of ether oxygens (including phenoxy) is 1. The van der Waals surface area contributed by atoms with Crippen LogP contribution in [-0.4, -0.2) is 29.8 Å². The number of nitrogens with one attached hydrogen (secondary N) is 1. The number of amides is 1. The Kier molecular flexibility index (Phi) is 4.78. The van der Waals surface area contributed by atoms with E-state index in [2.05, 4.69) is 10.1 Å². The van der Waals surface area contributed by atoms with Crippen molar-refractivity contribution in [1.82, 2.24) is 5.32 Å². The molecule has 88 valence electrons. The number of aliphatic carboxylic acids is 1. The zero-order chi connectivity index (χ0) is 12.0. The van der Waals surface area contributed by atoms with E-state index in [1.807, 2.05) is 17.5 Å². The number of hydrogen-bond acceptors (Lipinski definition) is 4. The largest absolute Gasteiger partial charge is 0.480 e. The molecular weight excluding hydrogens is 230 g/mol. The van der Waals surface area contributed by atoms with Gasteiger partial charge in [0.2, 0.25) is 0 Å². The first-order chi connectivity index (χ1) is 7.63. The van der Waals surface area contributed by atoms with Gasteiger partial charge in [-0.15, -0.1) is 11.3 Å². The Hall–Kier alpha value is -1.56. The SMILES string of the molecule is CCOC(=O)N[C@@H](Cc1cccs1)C(=O)O. The van der Waals surface area contributed by atoms with Crippen LogP contribution < -0.4 is 5.32 Å². The first kappa shape index (κ1) is 12.5. The van der Waals surface area contributed by atoms with E-state index in [0.29, 0.717) is 0 Å². The van der Waals surface area contributed by atoms with Crippen molar-refractivity contribution in [3.05, 3.63) is 22.4 Å². The molecule has 1 amide bonds. The second-order valence-corrected chi connectivity index (χ2v) is 4.07. The van der Waals surface area contributed by atoms with Gasteiger partial charge in [0.15, 0.2) is 0 Å². The minimum Gasteiger partial charge on any atom is -0.480 e. The molecule has 0 saturated heterocycles. The minimum absolute atomic E-state index is 0.219. The molecule has 1 aromatic rings. The first-order valence-corrected chi connectivity index (χ1v) is 5.70. The van der Waals surface area contributed by atoms with Gasteiger partial charge in [0, 0.05) is 11.3 Å². The summed E-state index contributed by atoms with van der Waals surface area (Å²) >= 11 is 1.45. The fraction of sp³-hybridized carbons (Fsp3) is 0.400. The summed E-state index contributed by atoms with van der Waals surface area (Å²) in [7, 11) is 0. The van der Waals surface area contributed by atoms with Gasteiger partial charge in [-0.25, -0.2) is 9.59 Å². The summed E-state index contributed by atoms with van der Waals surface area (Å²) < 4.78 is 4.63. The number of carboxylic acids is 1. The number of carbonyl (C=O) groups is 2. The van der Waals surface area contributed by atoms with Gasteiger partial charge in [-0.3, -0.25) is 0 Å². The molecule has 0 unspecified atom stereocenters. The van der Waals surface area contributed by atoms with Gasteiger partial charge < -0.3 is 15.2 Å². The van der Waals surface area contributed by atoms with Crippen molar-refractivity contribution in [2.24, 2.45) is 0 Å². The van der Waals surface area contributed by atoms with E-state index in [9.17, 15) is 9.59 Å². The molecule has 0 aliphatic rings. The minimum atomic E-state index is -1.07. The molecule has 16 heavy (non-hydrogen) atoms. The van der Waals surface area contributed by atoms with E-state index in [4.69, 9.17) is 5.11 Å². The normalized spacial score (nSPS) is 11.8. The number of carboxylic acid groups (broad SMARTS) is 1. The standard InChI is InChI=1S/C10H13NO4S/c1-2-15-10(14)11-8(9(12)13)6-7-4-3-5-16-7/h3-5,8H,2,6H2,1H3,(H,11,14)(H,12,13)/t8-/m0/s1. The Morgan fingerprint density at radius 1 is 1.62 bits per heavy atom. The van der Waals surface area contributed by atoms with Crippen LogP contribution >= 0.6 is 11.3 Å². The topological polar surface area (TPSA) is 75.6 Å². The number of hydrogen-bond donors (Lipinski definition) is 2. The Labute approximate surface area is 97.0 Å². The third kappa shape index (κ3) is 3.90. The second-order valence-electron chi connectivity index (χ2n) is 3.04. The average Bonchev–Trinajstić information content (AvgIpc) is 2.69. The highest BCUT2D eigenvalue weighted by molar-refractivity contribution is 7.09. The Bertz CT molecular complexity index is 350. The number of alkyl carbamates (subject to hydrolysis) is 1. The maximum absolute atomic E-state index is 11.1. The highest BCUT2D eigenvalue weighted by atomic mass is 32.1. The molecule has 5 nitrogen and oxygen atoms in total. The van der Waals surface area contributed by atoms with Crippen molar-refractivity contribution in [3.8, 4) is 0 Å². The number of thiophene rings is 1. The summed E-state index contributed by atoms with van der Waals surface area (Å²) in [6.45, 7) is 1.88. The van der Waals surface area contributed by atoms with Crippen molar-refractivity contribution in [2.75, 3.05) is 6.61 Å². The molecule has 1 heterocycles. The molecule has 0 saturated carbocycles. The zero-order valence-corrected chi connectivity index (χ0v) is 9.62. The summed E-state index contributed by atoms with van der Waals surface area (Å²) in [5.74, 6) is -1.07. The van der Waals surface area contributed by atoms with E-state index >= 15 is 0 Å². The fourth-order valence-corrected chi connectivity index (χ4v) is 1.90. The van der Waals surface area contributed by atoms with E-state index < -0.39 is 18.1 Å². The molecule has 2 N–H and O–H groups in total. The molecule has 1 aromatic heterocycles. The number of rotatable bonds is 5. The van der Waals surface area contributed by atoms with Gasteiger partial charge in [0.25, 0.3) is 0 Å². The van der Waals surface area contributed by atoms with Crippen LogP contribution in [0.3, 0.4) is 0 Å².